The van der Waals surface area contributed by atoms with E-state index in [-0.39, 0.29) is 42.3 Å². The summed E-state index contributed by atoms with van der Waals surface area (Å²) in [4.78, 5) is 28.6. The van der Waals surface area contributed by atoms with Gasteiger partial charge in [0.25, 0.3) is 11.6 Å². The van der Waals surface area contributed by atoms with E-state index in [1.807, 2.05) is 0 Å². The van der Waals surface area contributed by atoms with Gasteiger partial charge < -0.3 is 4.90 Å². The maximum atomic E-state index is 12.7. The molecule has 0 bridgehead atoms. The van der Waals surface area contributed by atoms with Crippen molar-refractivity contribution in [3.8, 4) is 0 Å². The van der Waals surface area contributed by atoms with Gasteiger partial charge in [-0.25, -0.2) is 8.42 Å². The molecule has 0 atom stereocenters. The van der Waals surface area contributed by atoms with E-state index in [4.69, 9.17) is 11.6 Å². The van der Waals surface area contributed by atoms with E-state index in [0.717, 1.165) is 6.20 Å². The van der Waals surface area contributed by atoms with Crippen molar-refractivity contribution in [3.05, 3.63) is 62.9 Å². The van der Waals surface area contributed by atoms with Crippen molar-refractivity contribution >= 4 is 33.2 Å². The lowest BCUT2D eigenvalue weighted by Crippen LogP contribution is -2.50. The highest BCUT2D eigenvalue weighted by atomic mass is 35.5. The number of hydrogen-bond acceptors (Lipinski definition) is 6. The lowest BCUT2D eigenvalue weighted by atomic mass is 10.1. The van der Waals surface area contributed by atoms with Gasteiger partial charge in [0, 0.05) is 37.3 Å². The number of nitrogens with zero attached hydrogens (tertiary/aromatic N) is 4. The fourth-order valence-corrected chi connectivity index (χ4v) is 4.44. The van der Waals surface area contributed by atoms with E-state index in [9.17, 15) is 23.3 Å². The number of amides is 1. The minimum absolute atomic E-state index is 0.123. The van der Waals surface area contributed by atoms with Crippen LogP contribution >= 0.6 is 11.6 Å². The first-order valence-electron chi connectivity index (χ1n) is 8.36. The monoisotopic (exact) mass is 424 g/mol. The molecule has 2 heterocycles. The number of nitro groups is 1. The Balaban J connectivity index is 1.73. The topological polar surface area (TPSA) is 114 Å². The van der Waals surface area contributed by atoms with Crippen LogP contribution in [0.4, 0.5) is 5.69 Å². The average Bonchev–Trinajstić information content (AvgIpc) is 2.68. The number of benzene rings is 1. The van der Waals surface area contributed by atoms with Crippen molar-refractivity contribution in [1.29, 1.82) is 0 Å². The molecule has 0 unspecified atom stereocenters. The van der Waals surface area contributed by atoms with Crippen LogP contribution < -0.4 is 0 Å². The molecule has 3 rings (SSSR count). The first kappa shape index (κ1) is 20.2. The van der Waals surface area contributed by atoms with E-state index >= 15 is 0 Å². The Morgan fingerprint density at radius 3 is 2.36 bits per heavy atom. The van der Waals surface area contributed by atoms with Gasteiger partial charge in [0.05, 0.1) is 21.1 Å². The summed E-state index contributed by atoms with van der Waals surface area (Å²) in [7, 11) is -3.68. The van der Waals surface area contributed by atoms with Crippen LogP contribution in [0.2, 0.25) is 5.02 Å². The van der Waals surface area contributed by atoms with Gasteiger partial charge in [-0.05, 0) is 31.2 Å². The van der Waals surface area contributed by atoms with Crippen LogP contribution in [0.3, 0.4) is 0 Å². The lowest BCUT2D eigenvalue weighted by molar-refractivity contribution is -0.385. The molecule has 0 aliphatic carbocycles. The molecule has 1 aromatic heterocycles. The van der Waals surface area contributed by atoms with E-state index in [1.54, 1.807) is 6.92 Å². The number of carbonyl (C=O) groups excluding carboxylic acids is 1. The van der Waals surface area contributed by atoms with Crippen LogP contribution in [0.1, 0.15) is 16.1 Å². The van der Waals surface area contributed by atoms with Crippen LogP contribution in [0.5, 0.6) is 0 Å². The van der Waals surface area contributed by atoms with Crippen LogP contribution in [-0.4, -0.2) is 59.6 Å². The molecule has 2 aromatic rings. The quantitative estimate of drug-likeness (QED) is 0.548. The Kier molecular flexibility index (Phi) is 5.64. The Morgan fingerprint density at radius 2 is 1.79 bits per heavy atom. The molecule has 148 valence electrons. The molecule has 0 saturated carbocycles. The molecule has 1 fully saturated rings. The average molecular weight is 425 g/mol. The predicted octanol–water partition coefficient (Wildman–Crippen LogP) is 2.10. The van der Waals surface area contributed by atoms with Crippen molar-refractivity contribution in [2.45, 2.75) is 11.8 Å². The van der Waals surface area contributed by atoms with E-state index in [0.29, 0.717) is 10.7 Å². The second-order valence-corrected chi connectivity index (χ2v) is 8.61. The van der Waals surface area contributed by atoms with Gasteiger partial charge in [0.1, 0.15) is 6.20 Å². The number of halogens is 1. The fourth-order valence-electron chi connectivity index (χ4n) is 2.90. The molecule has 1 saturated heterocycles. The maximum Gasteiger partial charge on any atom is 0.288 e. The zero-order chi connectivity index (χ0) is 20.5. The number of piperazine rings is 1. The molecule has 11 heteroatoms. The zero-order valence-electron chi connectivity index (χ0n) is 14.9. The number of rotatable bonds is 4. The van der Waals surface area contributed by atoms with E-state index < -0.39 is 20.9 Å². The first-order chi connectivity index (χ1) is 13.2. The Labute approximate surface area is 166 Å². The summed E-state index contributed by atoms with van der Waals surface area (Å²) in [5, 5.41) is 11.4. The standard InChI is InChI=1S/C17H17ClN4O5S/c1-12-16(10-14(11-19-12)22(24)25)17(23)20-6-8-21(9-7-20)28(26,27)15-4-2-13(18)3-5-15/h2-5,10-11H,6-9H2,1H3. The minimum atomic E-state index is -3.68. The Hall–Kier alpha value is -2.56. The molecule has 1 amide bonds. The van der Waals surface area contributed by atoms with Crippen LogP contribution in [0.25, 0.3) is 0 Å². The number of carbonyl (C=O) groups is 1. The lowest BCUT2D eigenvalue weighted by Gasteiger charge is -2.34. The second-order valence-electron chi connectivity index (χ2n) is 6.23. The van der Waals surface area contributed by atoms with Gasteiger partial charge in [-0.3, -0.25) is 19.9 Å². The van der Waals surface area contributed by atoms with Crippen molar-refractivity contribution in [3.63, 3.8) is 0 Å². The maximum absolute atomic E-state index is 12.7. The summed E-state index contributed by atoms with van der Waals surface area (Å²) in [6, 6.07) is 7.08. The highest BCUT2D eigenvalue weighted by Gasteiger charge is 2.31. The highest BCUT2D eigenvalue weighted by molar-refractivity contribution is 7.89. The van der Waals surface area contributed by atoms with Crippen LogP contribution in [0, 0.1) is 17.0 Å². The van der Waals surface area contributed by atoms with Crippen LogP contribution in [-0.2, 0) is 10.0 Å². The SMILES string of the molecule is Cc1ncc([N+](=O)[O-])cc1C(=O)N1CCN(S(=O)(=O)c2ccc(Cl)cc2)CC1. The summed E-state index contributed by atoms with van der Waals surface area (Å²) in [5.74, 6) is -0.405. The molecule has 28 heavy (non-hydrogen) atoms. The summed E-state index contributed by atoms with van der Waals surface area (Å²) in [6.07, 6.45) is 1.10. The van der Waals surface area contributed by atoms with Crippen molar-refractivity contribution in [1.82, 2.24) is 14.2 Å². The molecule has 0 spiro atoms. The molecule has 1 aliphatic rings. The predicted molar refractivity (Wildman–Crippen MR) is 102 cm³/mol. The molecule has 1 aromatic carbocycles. The molecule has 0 N–H and O–H groups in total. The third kappa shape index (κ3) is 3.98. The van der Waals surface area contributed by atoms with Gasteiger partial charge in [-0.2, -0.15) is 4.31 Å². The molecule has 9 nitrogen and oxygen atoms in total. The Morgan fingerprint density at radius 1 is 1.18 bits per heavy atom. The number of sulfonamides is 1. The second kappa shape index (κ2) is 7.82. The summed E-state index contributed by atoms with van der Waals surface area (Å²) in [5.41, 5.74) is 0.257. The van der Waals surface area contributed by atoms with Crippen LogP contribution in [0.15, 0.2) is 41.4 Å². The largest absolute Gasteiger partial charge is 0.336 e. The highest BCUT2D eigenvalue weighted by Crippen LogP contribution is 2.22. The number of pyridine rings is 1. The molecule has 0 radical (unpaired) electrons. The van der Waals surface area contributed by atoms with E-state index in [2.05, 4.69) is 4.98 Å². The smallest absolute Gasteiger partial charge is 0.288 e. The summed E-state index contributed by atoms with van der Waals surface area (Å²) < 4.78 is 26.7. The third-order valence-electron chi connectivity index (χ3n) is 4.49. The molecule has 1 aliphatic heterocycles. The van der Waals surface area contributed by atoms with Crippen molar-refractivity contribution in [2.75, 3.05) is 26.2 Å². The fraction of sp³-hybridized carbons (Fsp3) is 0.294. The van der Waals surface area contributed by atoms with E-state index in [1.165, 1.54) is 39.5 Å². The third-order valence-corrected chi connectivity index (χ3v) is 6.66. The zero-order valence-corrected chi connectivity index (χ0v) is 16.5. The van der Waals surface area contributed by atoms with Crippen molar-refractivity contribution < 1.29 is 18.1 Å². The van der Waals surface area contributed by atoms with Gasteiger partial charge >= 0.3 is 0 Å². The summed E-state index contributed by atoms with van der Waals surface area (Å²) in [6.45, 7) is 2.19. The van der Waals surface area contributed by atoms with Gasteiger partial charge in [0.15, 0.2) is 0 Å². The first-order valence-corrected chi connectivity index (χ1v) is 10.2. The number of hydrogen-bond donors (Lipinski definition) is 0. The number of aromatic nitrogens is 1. The van der Waals surface area contributed by atoms with Gasteiger partial charge in [-0.1, -0.05) is 11.6 Å². The normalized spacial score (nSPS) is 15.4. The summed E-state index contributed by atoms with van der Waals surface area (Å²) >= 11 is 5.80. The molecular weight excluding hydrogens is 408 g/mol. The molecular formula is C17H17ClN4O5S. The van der Waals surface area contributed by atoms with Gasteiger partial charge in [0.2, 0.25) is 10.0 Å². The van der Waals surface area contributed by atoms with Gasteiger partial charge in [-0.15, -0.1) is 0 Å². The minimum Gasteiger partial charge on any atom is -0.336 e. The van der Waals surface area contributed by atoms with Crippen molar-refractivity contribution in [2.24, 2.45) is 0 Å². The number of aryl methyl sites for hydroxylation is 1. The Bertz CT molecular complexity index is 1020.